The maximum atomic E-state index is 4.52. The Hall–Kier alpha value is -1.81. The quantitative estimate of drug-likeness (QED) is 0.861. The second-order valence-electron chi connectivity index (χ2n) is 3.98. The molecule has 0 amide bonds. The summed E-state index contributed by atoms with van der Waals surface area (Å²) in [6, 6.07) is 5.99. The zero-order chi connectivity index (χ0) is 12.1. The summed E-state index contributed by atoms with van der Waals surface area (Å²) in [5.41, 5.74) is 3.22. The lowest BCUT2D eigenvalue weighted by Gasteiger charge is -2.05. The van der Waals surface area contributed by atoms with E-state index in [0.29, 0.717) is 0 Å². The number of hydrogen-bond donors (Lipinski definition) is 1. The van der Waals surface area contributed by atoms with Gasteiger partial charge in [-0.3, -0.25) is 4.98 Å². The molecule has 17 heavy (non-hydrogen) atoms. The first-order valence-corrected chi connectivity index (χ1v) is 5.65. The van der Waals surface area contributed by atoms with Crippen molar-refractivity contribution in [3.05, 3.63) is 53.4 Å². The lowest BCUT2D eigenvalue weighted by atomic mass is 10.2. The zero-order valence-corrected chi connectivity index (χ0v) is 10.1. The van der Waals surface area contributed by atoms with Crippen molar-refractivity contribution in [3.8, 4) is 0 Å². The van der Waals surface area contributed by atoms with E-state index in [9.17, 15) is 0 Å². The molecular weight excluding hydrogens is 212 g/mol. The highest BCUT2D eigenvalue weighted by Gasteiger charge is 2.03. The van der Waals surface area contributed by atoms with Gasteiger partial charge in [-0.1, -0.05) is 0 Å². The first-order valence-electron chi connectivity index (χ1n) is 5.65. The molecule has 2 heterocycles. The Kier molecular flexibility index (Phi) is 3.77. The topological polar surface area (TPSA) is 50.7 Å². The number of nitrogens with one attached hydrogen (secondary N) is 1. The third kappa shape index (κ3) is 3.32. The minimum absolute atomic E-state index is 0.751. The molecule has 1 N–H and O–H groups in total. The van der Waals surface area contributed by atoms with Crippen molar-refractivity contribution in [2.45, 2.75) is 19.9 Å². The van der Waals surface area contributed by atoms with Crippen LogP contribution in [0, 0.1) is 6.92 Å². The van der Waals surface area contributed by atoms with Crippen molar-refractivity contribution < 1.29 is 0 Å². The van der Waals surface area contributed by atoms with Crippen molar-refractivity contribution in [2.75, 3.05) is 7.05 Å². The Morgan fingerprint density at radius 3 is 2.65 bits per heavy atom. The Morgan fingerprint density at radius 2 is 1.94 bits per heavy atom. The van der Waals surface area contributed by atoms with E-state index < -0.39 is 0 Å². The Labute approximate surface area is 101 Å². The van der Waals surface area contributed by atoms with Gasteiger partial charge in [0.15, 0.2) is 0 Å². The van der Waals surface area contributed by atoms with E-state index in [0.717, 1.165) is 30.2 Å². The Balaban J connectivity index is 2.21. The molecule has 0 aliphatic heterocycles. The fourth-order valence-electron chi connectivity index (χ4n) is 1.73. The van der Waals surface area contributed by atoms with Crippen LogP contribution in [0.5, 0.6) is 0 Å². The van der Waals surface area contributed by atoms with Gasteiger partial charge in [-0.05, 0) is 37.7 Å². The van der Waals surface area contributed by atoms with E-state index in [4.69, 9.17) is 0 Å². The average molecular weight is 228 g/mol. The molecule has 0 bridgehead atoms. The highest BCUT2D eigenvalue weighted by molar-refractivity contribution is 5.18. The maximum absolute atomic E-state index is 4.52. The summed E-state index contributed by atoms with van der Waals surface area (Å²) in [6.45, 7) is 2.77. The fraction of sp³-hybridized carbons (Fsp3) is 0.308. The minimum Gasteiger partial charge on any atom is -0.314 e. The molecule has 0 saturated carbocycles. The van der Waals surface area contributed by atoms with E-state index in [-0.39, 0.29) is 0 Å². The molecule has 0 radical (unpaired) electrons. The van der Waals surface area contributed by atoms with Gasteiger partial charge < -0.3 is 5.32 Å². The van der Waals surface area contributed by atoms with Gasteiger partial charge in [0.2, 0.25) is 0 Å². The predicted octanol–water partition coefficient (Wildman–Crippen LogP) is 1.49. The van der Waals surface area contributed by atoms with Gasteiger partial charge in [-0.2, -0.15) is 0 Å². The summed E-state index contributed by atoms with van der Waals surface area (Å²) in [7, 11) is 1.92. The normalized spacial score (nSPS) is 10.5. The van der Waals surface area contributed by atoms with Gasteiger partial charge in [-0.25, -0.2) is 9.97 Å². The largest absolute Gasteiger partial charge is 0.314 e. The van der Waals surface area contributed by atoms with Gasteiger partial charge in [-0.15, -0.1) is 0 Å². The fourth-order valence-corrected chi connectivity index (χ4v) is 1.73. The predicted molar refractivity (Wildman–Crippen MR) is 66.6 cm³/mol. The Bertz CT molecular complexity index is 482. The number of nitrogens with zero attached hydrogens (tertiary/aromatic N) is 3. The smallest absolute Gasteiger partial charge is 0.133 e. The van der Waals surface area contributed by atoms with Crippen molar-refractivity contribution in [1.82, 2.24) is 20.3 Å². The third-order valence-corrected chi connectivity index (χ3v) is 2.42. The van der Waals surface area contributed by atoms with Crippen LogP contribution in [-0.4, -0.2) is 22.0 Å². The van der Waals surface area contributed by atoms with Gasteiger partial charge >= 0.3 is 0 Å². The van der Waals surface area contributed by atoms with Crippen LogP contribution in [0.25, 0.3) is 0 Å². The second-order valence-corrected chi connectivity index (χ2v) is 3.98. The van der Waals surface area contributed by atoms with Crippen LogP contribution in [0.1, 0.15) is 22.8 Å². The van der Waals surface area contributed by atoms with E-state index in [1.165, 1.54) is 5.56 Å². The molecule has 0 spiro atoms. The van der Waals surface area contributed by atoms with Crippen LogP contribution in [0.3, 0.4) is 0 Å². The van der Waals surface area contributed by atoms with E-state index in [2.05, 4.69) is 20.3 Å². The number of pyridine rings is 1. The molecule has 2 rings (SSSR count). The molecule has 4 nitrogen and oxygen atoms in total. The first kappa shape index (κ1) is 11.7. The van der Waals surface area contributed by atoms with Crippen molar-refractivity contribution in [3.63, 3.8) is 0 Å². The lowest BCUT2D eigenvalue weighted by Crippen LogP contribution is -2.10. The molecule has 4 heteroatoms. The zero-order valence-electron chi connectivity index (χ0n) is 10.1. The number of rotatable bonds is 4. The van der Waals surface area contributed by atoms with E-state index >= 15 is 0 Å². The van der Waals surface area contributed by atoms with Gasteiger partial charge in [0, 0.05) is 31.1 Å². The van der Waals surface area contributed by atoms with Crippen molar-refractivity contribution in [2.24, 2.45) is 0 Å². The van der Waals surface area contributed by atoms with Gasteiger partial charge in [0.05, 0.1) is 5.69 Å². The van der Waals surface area contributed by atoms with Crippen LogP contribution < -0.4 is 5.32 Å². The van der Waals surface area contributed by atoms with Crippen LogP contribution in [0.2, 0.25) is 0 Å². The van der Waals surface area contributed by atoms with Gasteiger partial charge in [0.25, 0.3) is 0 Å². The molecule has 0 atom stereocenters. The highest BCUT2D eigenvalue weighted by atomic mass is 14.9. The monoisotopic (exact) mass is 228 g/mol. The average Bonchev–Trinajstić information content (AvgIpc) is 2.30. The first-order chi connectivity index (χ1) is 8.28. The van der Waals surface area contributed by atoms with Crippen LogP contribution in [-0.2, 0) is 13.0 Å². The highest BCUT2D eigenvalue weighted by Crippen LogP contribution is 2.06. The molecule has 0 aliphatic rings. The van der Waals surface area contributed by atoms with Crippen LogP contribution in [0.4, 0.5) is 0 Å². The summed E-state index contributed by atoms with van der Waals surface area (Å²) < 4.78 is 0. The minimum atomic E-state index is 0.751. The maximum Gasteiger partial charge on any atom is 0.133 e. The molecule has 0 aliphatic carbocycles. The second kappa shape index (κ2) is 5.50. The molecule has 0 aromatic carbocycles. The summed E-state index contributed by atoms with van der Waals surface area (Å²) in [4.78, 5) is 13.0. The molecule has 2 aromatic heterocycles. The SMILES string of the molecule is CNCc1cc(C)nc(Cc2ccncc2)n1. The number of hydrogen-bond acceptors (Lipinski definition) is 4. The third-order valence-electron chi connectivity index (χ3n) is 2.42. The Morgan fingerprint density at radius 1 is 1.18 bits per heavy atom. The van der Waals surface area contributed by atoms with Crippen molar-refractivity contribution >= 4 is 0 Å². The molecule has 2 aromatic rings. The summed E-state index contributed by atoms with van der Waals surface area (Å²) >= 11 is 0. The summed E-state index contributed by atoms with van der Waals surface area (Å²) in [5.74, 6) is 0.862. The number of aryl methyl sites for hydroxylation is 1. The molecule has 0 fully saturated rings. The molecule has 0 saturated heterocycles. The molecule has 0 unspecified atom stereocenters. The standard InChI is InChI=1S/C13H16N4/c1-10-7-12(9-14-2)17-13(16-10)8-11-3-5-15-6-4-11/h3-7,14H,8-9H2,1-2H3. The summed E-state index contributed by atoms with van der Waals surface area (Å²) in [6.07, 6.45) is 4.33. The van der Waals surface area contributed by atoms with Crippen LogP contribution >= 0.6 is 0 Å². The van der Waals surface area contributed by atoms with E-state index in [1.807, 2.05) is 32.2 Å². The van der Waals surface area contributed by atoms with E-state index in [1.54, 1.807) is 12.4 Å². The molecular formula is C13H16N4. The van der Waals surface area contributed by atoms with Crippen LogP contribution in [0.15, 0.2) is 30.6 Å². The lowest BCUT2D eigenvalue weighted by molar-refractivity contribution is 0.767. The van der Waals surface area contributed by atoms with Crippen molar-refractivity contribution in [1.29, 1.82) is 0 Å². The summed E-state index contributed by atoms with van der Waals surface area (Å²) in [5, 5.41) is 3.10. The number of aromatic nitrogens is 3. The molecule has 88 valence electrons. The van der Waals surface area contributed by atoms with Gasteiger partial charge in [0.1, 0.15) is 5.82 Å².